The van der Waals surface area contributed by atoms with Crippen LogP contribution < -0.4 is 10.1 Å². The molecule has 0 atom stereocenters. The van der Waals surface area contributed by atoms with E-state index in [-0.39, 0.29) is 23.3 Å². The van der Waals surface area contributed by atoms with E-state index in [0.29, 0.717) is 17.5 Å². The number of amides is 1. The highest BCUT2D eigenvalue weighted by atomic mass is 79.9. The smallest absolute Gasteiger partial charge is 0.262 e. The van der Waals surface area contributed by atoms with Crippen molar-refractivity contribution in [1.29, 1.82) is 0 Å². The van der Waals surface area contributed by atoms with Crippen molar-refractivity contribution in [3.63, 3.8) is 0 Å². The van der Waals surface area contributed by atoms with Gasteiger partial charge in [0.05, 0.1) is 10.6 Å². The molecule has 0 fully saturated rings. The standard InChI is InChI=1S/C15H11BrClNO3/c16-11-4-6-12(7-5-11)18-14(20)9-21-15-10(8-19)2-1-3-13(15)17/h1-8H,9H2,(H,18,20). The molecular weight excluding hydrogens is 358 g/mol. The molecule has 4 nitrogen and oxygen atoms in total. The molecule has 0 aliphatic carbocycles. The largest absolute Gasteiger partial charge is 0.481 e. The highest BCUT2D eigenvalue weighted by Crippen LogP contribution is 2.27. The summed E-state index contributed by atoms with van der Waals surface area (Å²) >= 11 is 9.26. The van der Waals surface area contributed by atoms with Gasteiger partial charge in [-0.25, -0.2) is 0 Å². The first-order chi connectivity index (χ1) is 10.1. The van der Waals surface area contributed by atoms with E-state index in [4.69, 9.17) is 16.3 Å². The van der Waals surface area contributed by atoms with Crippen molar-refractivity contribution in [1.82, 2.24) is 0 Å². The molecule has 0 spiro atoms. The van der Waals surface area contributed by atoms with E-state index >= 15 is 0 Å². The van der Waals surface area contributed by atoms with Crippen LogP contribution in [0.25, 0.3) is 0 Å². The minimum Gasteiger partial charge on any atom is -0.481 e. The molecule has 6 heteroatoms. The number of halogens is 2. The summed E-state index contributed by atoms with van der Waals surface area (Å²) in [7, 11) is 0. The van der Waals surface area contributed by atoms with E-state index < -0.39 is 0 Å². The summed E-state index contributed by atoms with van der Waals surface area (Å²) in [4.78, 5) is 22.7. The van der Waals surface area contributed by atoms with Gasteiger partial charge in [-0.15, -0.1) is 0 Å². The van der Waals surface area contributed by atoms with Crippen molar-refractivity contribution in [2.75, 3.05) is 11.9 Å². The second kappa shape index (κ2) is 7.24. The normalized spacial score (nSPS) is 10.0. The number of rotatable bonds is 5. The van der Waals surface area contributed by atoms with Crippen molar-refractivity contribution >= 4 is 45.4 Å². The van der Waals surface area contributed by atoms with Crippen LogP contribution in [-0.4, -0.2) is 18.8 Å². The fraction of sp³-hybridized carbons (Fsp3) is 0.0667. The molecule has 108 valence electrons. The molecule has 1 amide bonds. The summed E-state index contributed by atoms with van der Waals surface area (Å²) in [6, 6.07) is 11.9. The third kappa shape index (κ3) is 4.31. The van der Waals surface area contributed by atoms with Crippen molar-refractivity contribution in [2.45, 2.75) is 0 Å². The number of aldehydes is 1. The topological polar surface area (TPSA) is 55.4 Å². The van der Waals surface area contributed by atoms with Crippen LogP contribution in [0, 0.1) is 0 Å². The van der Waals surface area contributed by atoms with E-state index in [2.05, 4.69) is 21.2 Å². The lowest BCUT2D eigenvalue weighted by atomic mass is 10.2. The highest BCUT2D eigenvalue weighted by molar-refractivity contribution is 9.10. The van der Waals surface area contributed by atoms with Crippen molar-refractivity contribution in [3.8, 4) is 5.75 Å². The molecule has 0 radical (unpaired) electrons. The summed E-state index contributed by atoms with van der Waals surface area (Å²) < 4.78 is 6.25. The van der Waals surface area contributed by atoms with E-state index in [0.717, 1.165) is 4.47 Å². The number of anilines is 1. The number of para-hydroxylation sites is 1. The zero-order valence-electron chi connectivity index (χ0n) is 10.8. The summed E-state index contributed by atoms with van der Waals surface area (Å²) in [6.07, 6.45) is 0.633. The first kappa shape index (κ1) is 15.5. The number of carbonyl (C=O) groups is 2. The first-order valence-corrected chi connectivity index (χ1v) is 7.19. The minimum atomic E-state index is -0.339. The lowest BCUT2D eigenvalue weighted by molar-refractivity contribution is -0.118. The SMILES string of the molecule is O=Cc1cccc(Cl)c1OCC(=O)Nc1ccc(Br)cc1. The van der Waals surface area contributed by atoms with Crippen molar-refractivity contribution in [3.05, 3.63) is 57.5 Å². The van der Waals surface area contributed by atoms with Crippen LogP contribution in [0.4, 0.5) is 5.69 Å². The maximum atomic E-state index is 11.8. The quantitative estimate of drug-likeness (QED) is 0.814. The van der Waals surface area contributed by atoms with Gasteiger partial charge in [-0.1, -0.05) is 33.6 Å². The Labute approximate surface area is 135 Å². The lowest BCUT2D eigenvalue weighted by Gasteiger charge is -2.10. The Morgan fingerprint density at radius 3 is 2.62 bits per heavy atom. The van der Waals surface area contributed by atoms with E-state index in [1.54, 1.807) is 30.3 Å². The maximum Gasteiger partial charge on any atom is 0.262 e. The summed E-state index contributed by atoms with van der Waals surface area (Å²) in [5, 5.41) is 2.97. The molecule has 0 aliphatic rings. The van der Waals surface area contributed by atoms with Crippen LogP contribution in [0.1, 0.15) is 10.4 Å². The Balaban J connectivity index is 1.98. The fourth-order valence-electron chi connectivity index (χ4n) is 1.64. The molecule has 1 N–H and O–H groups in total. The van der Waals surface area contributed by atoms with Gasteiger partial charge in [-0.3, -0.25) is 9.59 Å². The van der Waals surface area contributed by atoms with Crippen LogP contribution in [-0.2, 0) is 4.79 Å². The Morgan fingerprint density at radius 1 is 1.24 bits per heavy atom. The Hall–Kier alpha value is -1.85. The van der Waals surface area contributed by atoms with Crippen molar-refractivity contribution in [2.24, 2.45) is 0 Å². The number of ether oxygens (including phenoxy) is 1. The Kier molecular flexibility index (Phi) is 5.36. The van der Waals surface area contributed by atoms with E-state index in [9.17, 15) is 9.59 Å². The van der Waals surface area contributed by atoms with Gasteiger partial charge in [0, 0.05) is 10.2 Å². The van der Waals surface area contributed by atoms with Gasteiger partial charge in [-0.2, -0.15) is 0 Å². The zero-order chi connectivity index (χ0) is 15.2. The molecule has 2 aromatic rings. The van der Waals surface area contributed by atoms with Gasteiger partial charge in [0.25, 0.3) is 5.91 Å². The lowest BCUT2D eigenvalue weighted by Crippen LogP contribution is -2.20. The number of nitrogens with one attached hydrogen (secondary N) is 1. The molecule has 0 saturated heterocycles. The van der Waals surface area contributed by atoms with Crippen LogP contribution in [0.3, 0.4) is 0 Å². The molecular formula is C15H11BrClNO3. The summed E-state index contributed by atoms with van der Waals surface area (Å²) in [5.41, 5.74) is 0.959. The second-order valence-corrected chi connectivity index (χ2v) is 5.44. The van der Waals surface area contributed by atoms with Gasteiger partial charge < -0.3 is 10.1 Å². The van der Waals surface area contributed by atoms with Gasteiger partial charge in [0.15, 0.2) is 12.9 Å². The van der Waals surface area contributed by atoms with Gasteiger partial charge >= 0.3 is 0 Å². The average Bonchev–Trinajstić information content (AvgIpc) is 2.48. The van der Waals surface area contributed by atoms with Crippen molar-refractivity contribution < 1.29 is 14.3 Å². The number of benzene rings is 2. The maximum absolute atomic E-state index is 11.8. The zero-order valence-corrected chi connectivity index (χ0v) is 13.1. The van der Waals surface area contributed by atoms with Crippen LogP contribution in [0.15, 0.2) is 46.9 Å². The molecule has 0 aromatic heterocycles. The van der Waals surface area contributed by atoms with Gasteiger partial charge in [0.1, 0.15) is 5.75 Å². The Morgan fingerprint density at radius 2 is 1.95 bits per heavy atom. The summed E-state index contributed by atoms with van der Waals surface area (Å²) in [6.45, 7) is -0.235. The predicted octanol–water partition coefficient (Wildman–Crippen LogP) is 3.93. The molecule has 2 aromatic carbocycles. The summed E-state index contributed by atoms with van der Waals surface area (Å²) in [5.74, 6) is -0.130. The van der Waals surface area contributed by atoms with Crippen LogP contribution in [0.5, 0.6) is 5.75 Å². The number of hydrogen-bond donors (Lipinski definition) is 1. The molecule has 0 heterocycles. The Bertz CT molecular complexity index is 658. The molecule has 0 bridgehead atoms. The third-order valence-electron chi connectivity index (χ3n) is 2.60. The number of carbonyl (C=O) groups excluding carboxylic acids is 2. The van der Waals surface area contributed by atoms with Gasteiger partial charge in [-0.05, 0) is 36.4 Å². The van der Waals surface area contributed by atoms with E-state index in [1.807, 2.05) is 12.1 Å². The molecule has 0 saturated carbocycles. The van der Waals surface area contributed by atoms with Gasteiger partial charge in [0.2, 0.25) is 0 Å². The first-order valence-electron chi connectivity index (χ1n) is 6.02. The predicted molar refractivity (Wildman–Crippen MR) is 85.1 cm³/mol. The average molecular weight is 369 g/mol. The molecule has 2 rings (SSSR count). The van der Waals surface area contributed by atoms with E-state index in [1.165, 1.54) is 0 Å². The second-order valence-electron chi connectivity index (χ2n) is 4.12. The third-order valence-corrected chi connectivity index (χ3v) is 3.43. The van der Waals surface area contributed by atoms with Crippen LogP contribution in [0.2, 0.25) is 5.02 Å². The minimum absolute atomic E-state index is 0.208. The molecule has 0 unspecified atom stereocenters. The number of hydrogen-bond acceptors (Lipinski definition) is 3. The molecule has 0 aliphatic heterocycles. The fourth-order valence-corrected chi connectivity index (χ4v) is 2.14. The monoisotopic (exact) mass is 367 g/mol. The highest BCUT2D eigenvalue weighted by Gasteiger charge is 2.10. The van der Waals surface area contributed by atoms with Crippen LogP contribution >= 0.6 is 27.5 Å². The molecule has 21 heavy (non-hydrogen) atoms.